The molecule has 3 atom stereocenters. The van der Waals surface area contributed by atoms with Gasteiger partial charge < -0.3 is 9.64 Å². The fourth-order valence-electron chi connectivity index (χ4n) is 4.65. The zero-order valence-corrected chi connectivity index (χ0v) is 23.4. The topological polar surface area (TPSA) is 47.4 Å². The molecule has 2 aromatic rings. The van der Waals surface area contributed by atoms with Gasteiger partial charge in [-0.25, -0.2) is 4.68 Å². The summed E-state index contributed by atoms with van der Waals surface area (Å²) < 4.78 is 7.98. The Morgan fingerprint density at radius 3 is 2.71 bits per heavy atom. The lowest BCUT2D eigenvalue weighted by Crippen LogP contribution is -2.49. The van der Waals surface area contributed by atoms with Crippen molar-refractivity contribution in [2.75, 3.05) is 13.1 Å². The minimum atomic E-state index is -1.32. The number of hydrogen-bond acceptors (Lipinski definition) is 3. The Kier molecular flexibility index (Phi) is 8.80. The van der Waals surface area contributed by atoms with Crippen molar-refractivity contribution in [1.29, 1.82) is 0 Å². The number of aromatic nitrogens is 2. The Labute approximate surface area is 207 Å². The van der Waals surface area contributed by atoms with Crippen LogP contribution in [0.1, 0.15) is 65.4 Å². The third-order valence-electron chi connectivity index (χ3n) is 7.99. The molecule has 188 valence electrons. The fraction of sp³-hybridized carbons (Fsp3) is 0.643. The van der Waals surface area contributed by atoms with E-state index < -0.39 is 8.07 Å². The van der Waals surface area contributed by atoms with Crippen LogP contribution in [0, 0.1) is 5.92 Å². The number of ether oxygens (including phenoxy) is 1. The molecule has 1 aliphatic rings. The van der Waals surface area contributed by atoms with E-state index in [1.165, 1.54) is 11.1 Å². The van der Waals surface area contributed by atoms with Crippen LogP contribution in [0.5, 0.6) is 0 Å². The van der Waals surface area contributed by atoms with Gasteiger partial charge in [-0.05, 0) is 42.2 Å². The van der Waals surface area contributed by atoms with Crippen LogP contribution in [-0.2, 0) is 21.7 Å². The van der Waals surface area contributed by atoms with E-state index in [0.717, 1.165) is 44.3 Å². The van der Waals surface area contributed by atoms with Gasteiger partial charge in [-0.15, -0.1) is 0 Å². The molecule has 1 saturated heterocycles. The predicted octanol–water partition coefficient (Wildman–Crippen LogP) is 6.50. The van der Waals surface area contributed by atoms with E-state index in [-0.39, 0.29) is 11.1 Å². The monoisotopic (exact) mass is 483 g/mol. The first-order valence-corrected chi connectivity index (χ1v) is 16.6. The molecule has 1 aromatic heterocycles. The van der Waals surface area contributed by atoms with Gasteiger partial charge in [0, 0.05) is 37.0 Å². The van der Waals surface area contributed by atoms with Gasteiger partial charge in [-0.1, -0.05) is 77.5 Å². The lowest BCUT2D eigenvalue weighted by molar-refractivity contribution is -0.134. The molecule has 0 saturated carbocycles. The van der Waals surface area contributed by atoms with E-state index in [1.54, 1.807) is 0 Å². The Morgan fingerprint density at radius 2 is 2.03 bits per heavy atom. The molecule has 0 aliphatic carbocycles. The highest BCUT2D eigenvalue weighted by Crippen LogP contribution is 2.40. The Hall–Kier alpha value is -1.92. The third kappa shape index (κ3) is 6.39. The number of carbonyl (C=O) groups excluding carboxylic acids is 1. The van der Waals surface area contributed by atoms with Crippen molar-refractivity contribution in [2.24, 2.45) is 5.92 Å². The number of benzene rings is 1. The molecular formula is C28H45N3O2Si. The second-order valence-corrected chi connectivity index (χ2v) is 17.1. The van der Waals surface area contributed by atoms with Crippen molar-refractivity contribution in [3.8, 4) is 11.1 Å². The standard InChI is InChI=1S/C28H45N3O2Si/c1-8-9-10-14-27(32)30-16-15-28(4,22(2)19-30)26-13-11-12-24(17-26)25-18-29-31(20-25)21-33-23(3)34(5,6)7/h11-13,17-18,20,22-23H,8-10,14-16,19,21H2,1-7H3. The van der Waals surface area contributed by atoms with E-state index in [4.69, 9.17) is 4.74 Å². The van der Waals surface area contributed by atoms with Crippen molar-refractivity contribution >= 4 is 14.0 Å². The van der Waals surface area contributed by atoms with Crippen molar-refractivity contribution in [3.63, 3.8) is 0 Å². The average Bonchev–Trinajstić information content (AvgIpc) is 3.28. The summed E-state index contributed by atoms with van der Waals surface area (Å²) in [7, 11) is -1.32. The highest BCUT2D eigenvalue weighted by atomic mass is 28.3. The van der Waals surface area contributed by atoms with Crippen LogP contribution < -0.4 is 0 Å². The average molecular weight is 484 g/mol. The molecule has 3 unspecified atom stereocenters. The summed E-state index contributed by atoms with van der Waals surface area (Å²) in [6, 6.07) is 8.90. The van der Waals surface area contributed by atoms with Crippen LogP contribution in [0.25, 0.3) is 11.1 Å². The first kappa shape index (κ1) is 26.7. The van der Waals surface area contributed by atoms with Crippen LogP contribution >= 0.6 is 0 Å². The zero-order chi connectivity index (χ0) is 24.9. The molecule has 0 bridgehead atoms. The van der Waals surface area contributed by atoms with Crippen molar-refractivity contribution in [3.05, 3.63) is 42.2 Å². The second kappa shape index (κ2) is 11.2. The van der Waals surface area contributed by atoms with Crippen molar-refractivity contribution < 1.29 is 9.53 Å². The first-order chi connectivity index (χ1) is 16.0. The highest BCUT2D eigenvalue weighted by molar-refractivity contribution is 6.77. The Balaban J connectivity index is 1.67. The summed E-state index contributed by atoms with van der Waals surface area (Å²) in [6.07, 6.45) is 9.01. The van der Waals surface area contributed by atoms with Gasteiger partial charge in [0.2, 0.25) is 5.91 Å². The summed E-state index contributed by atoms with van der Waals surface area (Å²) >= 11 is 0. The van der Waals surface area contributed by atoms with Gasteiger partial charge in [0.25, 0.3) is 0 Å². The largest absolute Gasteiger partial charge is 0.360 e. The Bertz CT molecular complexity index is 951. The van der Waals surface area contributed by atoms with Gasteiger partial charge in [0.05, 0.1) is 14.3 Å². The molecule has 6 heteroatoms. The van der Waals surface area contributed by atoms with Crippen LogP contribution in [-0.4, -0.2) is 47.5 Å². The van der Waals surface area contributed by atoms with E-state index in [0.29, 0.717) is 25.0 Å². The lowest BCUT2D eigenvalue weighted by Gasteiger charge is -2.45. The van der Waals surface area contributed by atoms with Crippen LogP contribution in [0.4, 0.5) is 0 Å². The van der Waals surface area contributed by atoms with Gasteiger partial charge in [0.1, 0.15) is 6.73 Å². The number of likely N-dealkylation sites (tertiary alicyclic amines) is 1. The SMILES string of the molecule is CCCCCC(=O)N1CCC(C)(c2cccc(-c3cnn(COC(C)[Si](C)(C)C)c3)c2)C(C)C1. The maximum Gasteiger partial charge on any atom is 0.222 e. The fourth-order valence-corrected chi connectivity index (χ4v) is 5.23. The summed E-state index contributed by atoms with van der Waals surface area (Å²) in [4.78, 5) is 14.8. The molecule has 1 aliphatic heterocycles. The smallest absolute Gasteiger partial charge is 0.222 e. The van der Waals surface area contributed by atoms with E-state index >= 15 is 0 Å². The number of rotatable bonds is 10. The van der Waals surface area contributed by atoms with Gasteiger partial charge in [0.15, 0.2) is 0 Å². The van der Waals surface area contributed by atoms with Crippen LogP contribution in [0.15, 0.2) is 36.7 Å². The molecule has 1 fully saturated rings. The molecular weight excluding hydrogens is 438 g/mol. The molecule has 5 nitrogen and oxygen atoms in total. The predicted molar refractivity (Wildman–Crippen MR) is 143 cm³/mol. The molecule has 0 N–H and O–H groups in total. The molecule has 0 spiro atoms. The lowest BCUT2D eigenvalue weighted by atomic mass is 9.67. The number of hydrogen-bond donors (Lipinski definition) is 0. The number of amides is 1. The maximum atomic E-state index is 12.7. The number of carbonyl (C=O) groups is 1. The molecule has 3 rings (SSSR count). The second-order valence-electron chi connectivity index (χ2n) is 11.5. The highest BCUT2D eigenvalue weighted by Gasteiger charge is 2.39. The quantitative estimate of drug-likeness (QED) is 0.286. The summed E-state index contributed by atoms with van der Waals surface area (Å²) in [6.45, 7) is 18.2. The van der Waals surface area contributed by atoms with E-state index in [2.05, 4.69) is 87.8 Å². The van der Waals surface area contributed by atoms with Crippen LogP contribution in [0.2, 0.25) is 19.6 Å². The molecule has 2 heterocycles. The number of nitrogens with zero attached hydrogens (tertiary/aromatic N) is 3. The summed E-state index contributed by atoms with van der Waals surface area (Å²) in [5, 5.41) is 4.54. The molecule has 1 aromatic carbocycles. The molecule has 0 radical (unpaired) electrons. The maximum absolute atomic E-state index is 12.7. The summed E-state index contributed by atoms with van der Waals surface area (Å²) in [5.41, 5.74) is 4.00. The minimum Gasteiger partial charge on any atom is -0.360 e. The third-order valence-corrected chi connectivity index (χ3v) is 10.6. The van der Waals surface area contributed by atoms with Gasteiger partial charge >= 0.3 is 0 Å². The van der Waals surface area contributed by atoms with Gasteiger partial charge in [-0.3, -0.25) is 4.79 Å². The Morgan fingerprint density at radius 1 is 1.26 bits per heavy atom. The van der Waals surface area contributed by atoms with Crippen molar-refractivity contribution in [1.82, 2.24) is 14.7 Å². The molecule has 34 heavy (non-hydrogen) atoms. The van der Waals surface area contributed by atoms with E-state index in [1.807, 2.05) is 10.9 Å². The summed E-state index contributed by atoms with van der Waals surface area (Å²) in [5.74, 6) is 0.736. The number of piperidine rings is 1. The van der Waals surface area contributed by atoms with Gasteiger partial charge in [-0.2, -0.15) is 5.10 Å². The minimum absolute atomic E-state index is 0.0576. The zero-order valence-electron chi connectivity index (χ0n) is 22.4. The van der Waals surface area contributed by atoms with E-state index in [9.17, 15) is 4.79 Å². The number of unbranched alkanes of at least 4 members (excludes halogenated alkanes) is 2. The van der Waals surface area contributed by atoms with Crippen LogP contribution in [0.3, 0.4) is 0 Å². The normalized spacial score (nSPS) is 22.1. The molecule has 1 amide bonds. The van der Waals surface area contributed by atoms with Crippen molar-refractivity contribution in [2.45, 2.75) is 97.3 Å². The first-order valence-electron chi connectivity index (χ1n) is 13.1.